The lowest BCUT2D eigenvalue weighted by molar-refractivity contribution is -0.129. The maximum Gasteiger partial charge on any atom is 0.331 e. The number of fused-ring (bicyclic) bond motifs is 1. The number of rotatable bonds is 10. The van der Waals surface area contributed by atoms with Gasteiger partial charge in [-0.05, 0) is 117 Å². The minimum atomic E-state index is -0.270. The summed E-state index contributed by atoms with van der Waals surface area (Å²) in [6.07, 6.45) is 7.72. The van der Waals surface area contributed by atoms with Crippen LogP contribution in [0.5, 0.6) is 11.5 Å². The number of methoxy groups -OCH3 is 1. The quantitative estimate of drug-likeness (QED) is 0.200. The maximum atomic E-state index is 13.6. The molecule has 12 nitrogen and oxygen atoms in total. The first-order chi connectivity index (χ1) is 26.4. The second-order valence-electron chi connectivity index (χ2n) is 14.8. The zero-order valence-electron chi connectivity index (χ0n) is 31.3. The average Bonchev–Trinajstić information content (AvgIpc) is 3.21. The first kappa shape index (κ1) is 35.8. The van der Waals surface area contributed by atoms with Gasteiger partial charge in [-0.25, -0.2) is 14.8 Å². The molecule has 0 spiro atoms. The predicted molar refractivity (Wildman–Crippen MR) is 210 cm³/mol. The van der Waals surface area contributed by atoms with Crippen molar-refractivity contribution in [2.45, 2.75) is 70.7 Å². The molecule has 3 fully saturated rings. The van der Waals surface area contributed by atoms with E-state index in [-0.39, 0.29) is 24.6 Å². The number of hydrogen-bond acceptors (Lipinski definition) is 10. The fourth-order valence-electron chi connectivity index (χ4n) is 8.20. The first-order valence-electron chi connectivity index (χ1n) is 19.3. The third-order valence-corrected chi connectivity index (χ3v) is 11.3. The number of ether oxygens (including phenoxy) is 2. The number of imide groups is 1. The molecular formula is C42H50N8O4. The highest BCUT2D eigenvalue weighted by atomic mass is 16.5. The molecular weight excluding hydrogens is 681 g/mol. The predicted octanol–water partition coefficient (Wildman–Crippen LogP) is 6.05. The summed E-state index contributed by atoms with van der Waals surface area (Å²) in [7, 11) is 1.62. The van der Waals surface area contributed by atoms with E-state index in [1.165, 1.54) is 16.2 Å². The van der Waals surface area contributed by atoms with Crippen LogP contribution >= 0.6 is 0 Å². The summed E-state index contributed by atoms with van der Waals surface area (Å²) in [6.45, 7) is 8.56. The van der Waals surface area contributed by atoms with E-state index in [9.17, 15) is 9.59 Å². The topological polar surface area (TPSA) is 115 Å². The minimum Gasteiger partial charge on any atom is -0.497 e. The van der Waals surface area contributed by atoms with E-state index in [0.717, 1.165) is 111 Å². The number of aromatic nitrogens is 2. The lowest BCUT2D eigenvalue weighted by Crippen LogP contribution is -2.52. The summed E-state index contributed by atoms with van der Waals surface area (Å²) in [5.41, 5.74) is 7.21. The molecule has 1 aromatic heterocycles. The maximum absolute atomic E-state index is 13.6. The molecule has 0 aliphatic carbocycles. The van der Waals surface area contributed by atoms with Crippen LogP contribution < -0.4 is 29.9 Å². The van der Waals surface area contributed by atoms with Gasteiger partial charge in [-0.15, -0.1) is 0 Å². The molecule has 282 valence electrons. The number of piperidine rings is 2. The number of amides is 3. The van der Waals surface area contributed by atoms with Gasteiger partial charge < -0.3 is 25.0 Å². The van der Waals surface area contributed by atoms with Crippen molar-refractivity contribution >= 4 is 34.9 Å². The Bertz CT molecular complexity index is 1940. The number of anilines is 4. The van der Waals surface area contributed by atoms with Crippen LogP contribution in [0.3, 0.4) is 0 Å². The van der Waals surface area contributed by atoms with Crippen LogP contribution in [0, 0.1) is 6.92 Å². The molecule has 2 N–H and O–H groups in total. The molecule has 3 amide bonds. The SMILES string of the molecule is COc1ccc(CN2C(=O)CCN(c3ccc(N4CCC(N5CCC(Oc6ccc(Nc7ncc8c(n7)CNCC8)cc6)CC5)CC4)cc3C)C2=O)cc1. The fourth-order valence-corrected chi connectivity index (χ4v) is 8.20. The van der Waals surface area contributed by atoms with Crippen molar-refractivity contribution in [2.75, 3.05) is 61.5 Å². The molecule has 54 heavy (non-hydrogen) atoms. The van der Waals surface area contributed by atoms with Crippen LogP contribution in [0.4, 0.5) is 27.8 Å². The molecule has 0 unspecified atom stereocenters. The number of carbonyl (C=O) groups is 2. The van der Waals surface area contributed by atoms with Crippen LogP contribution in [0.2, 0.25) is 0 Å². The van der Waals surface area contributed by atoms with Gasteiger partial charge in [-0.2, -0.15) is 0 Å². The van der Waals surface area contributed by atoms with Gasteiger partial charge in [0.1, 0.15) is 17.6 Å². The minimum absolute atomic E-state index is 0.143. The molecule has 8 rings (SSSR count). The van der Waals surface area contributed by atoms with Gasteiger partial charge in [-0.1, -0.05) is 12.1 Å². The summed E-state index contributed by atoms with van der Waals surface area (Å²) < 4.78 is 11.7. The van der Waals surface area contributed by atoms with Crippen molar-refractivity contribution in [3.8, 4) is 11.5 Å². The highest BCUT2D eigenvalue weighted by Gasteiger charge is 2.34. The summed E-state index contributed by atoms with van der Waals surface area (Å²) in [4.78, 5) is 43.8. The molecule has 0 saturated carbocycles. The fraction of sp³-hybridized carbons (Fsp3) is 0.429. The van der Waals surface area contributed by atoms with Crippen molar-refractivity contribution in [1.29, 1.82) is 0 Å². The third kappa shape index (κ3) is 8.00. The summed E-state index contributed by atoms with van der Waals surface area (Å²) in [5, 5.41) is 6.70. The van der Waals surface area contributed by atoms with Crippen molar-refractivity contribution in [3.05, 3.63) is 95.3 Å². The van der Waals surface area contributed by atoms with Crippen LogP contribution in [0.1, 0.15) is 54.5 Å². The number of urea groups is 1. The molecule has 0 radical (unpaired) electrons. The Morgan fingerprint density at radius 1 is 0.870 bits per heavy atom. The monoisotopic (exact) mass is 730 g/mol. The highest BCUT2D eigenvalue weighted by molar-refractivity contribution is 6.06. The molecule has 0 bridgehead atoms. The highest BCUT2D eigenvalue weighted by Crippen LogP contribution is 2.32. The zero-order valence-corrected chi connectivity index (χ0v) is 31.3. The largest absolute Gasteiger partial charge is 0.497 e. The van der Waals surface area contributed by atoms with E-state index in [0.29, 0.717) is 25.0 Å². The Balaban J connectivity index is 0.794. The van der Waals surface area contributed by atoms with E-state index in [4.69, 9.17) is 9.47 Å². The molecule has 4 aromatic rings. The number of carbonyl (C=O) groups excluding carboxylic acids is 2. The number of hydrogen-bond donors (Lipinski definition) is 2. The van der Waals surface area contributed by atoms with Gasteiger partial charge in [0.05, 0.1) is 19.3 Å². The van der Waals surface area contributed by atoms with Gasteiger partial charge in [0.2, 0.25) is 11.9 Å². The van der Waals surface area contributed by atoms with Crippen LogP contribution in [0.25, 0.3) is 0 Å². The molecule has 4 aliphatic rings. The molecule has 5 heterocycles. The summed E-state index contributed by atoms with van der Waals surface area (Å²) in [5.74, 6) is 2.12. The number of likely N-dealkylation sites (tertiary alicyclic amines) is 1. The normalized spacial score (nSPS) is 18.8. The smallest absolute Gasteiger partial charge is 0.331 e. The Labute approximate surface area is 317 Å². The lowest BCUT2D eigenvalue weighted by Gasteiger charge is -2.42. The number of nitrogens with zero attached hydrogens (tertiary/aromatic N) is 6. The van der Waals surface area contributed by atoms with Crippen molar-refractivity contribution in [1.82, 2.24) is 25.1 Å². The molecule has 0 atom stereocenters. The number of aryl methyl sites for hydroxylation is 1. The van der Waals surface area contributed by atoms with Crippen molar-refractivity contribution < 1.29 is 19.1 Å². The van der Waals surface area contributed by atoms with Crippen LogP contribution in [0.15, 0.2) is 72.9 Å². The number of nitrogens with one attached hydrogen (secondary N) is 2. The Morgan fingerprint density at radius 2 is 1.63 bits per heavy atom. The third-order valence-electron chi connectivity index (χ3n) is 11.3. The van der Waals surface area contributed by atoms with E-state index in [1.54, 1.807) is 12.0 Å². The van der Waals surface area contributed by atoms with Crippen LogP contribution in [-0.4, -0.2) is 90.2 Å². The van der Waals surface area contributed by atoms with Crippen molar-refractivity contribution in [3.63, 3.8) is 0 Å². The van der Waals surface area contributed by atoms with E-state index < -0.39 is 0 Å². The Hall–Kier alpha value is -5.20. The van der Waals surface area contributed by atoms with Crippen molar-refractivity contribution in [2.24, 2.45) is 0 Å². The molecule has 4 aliphatic heterocycles. The summed E-state index contributed by atoms with van der Waals surface area (Å²) in [6, 6.07) is 22.3. The van der Waals surface area contributed by atoms with E-state index >= 15 is 0 Å². The van der Waals surface area contributed by atoms with E-state index in [2.05, 4.69) is 49.5 Å². The Morgan fingerprint density at radius 3 is 2.37 bits per heavy atom. The van der Waals surface area contributed by atoms with Crippen LogP contribution in [-0.2, 0) is 24.3 Å². The zero-order chi connectivity index (χ0) is 37.0. The molecule has 3 aromatic carbocycles. The van der Waals surface area contributed by atoms with Gasteiger partial charge in [0.25, 0.3) is 0 Å². The van der Waals surface area contributed by atoms with E-state index in [1.807, 2.05) is 60.8 Å². The van der Waals surface area contributed by atoms with Gasteiger partial charge in [-0.3, -0.25) is 19.5 Å². The average molecular weight is 731 g/mol. The van der Waals surface area contributed by atoms with Gasteiger partial charge >= 0.3 is 6.03 Å². The lowest BCUT2D eigenvalue weighted by atomic mass is 9.98. The Kier molecular flexibility index (Phi) is 10.6. The molecule has 12 heteroatoms. The number of benzene rings is 3. The summed E-state index contributed by atoms with van der Waals surface area (Å²) >= 11 is 0. The second kappa shape index (κ2) is 16.0. The standard InChI is InChI=1S/C42H50N8O4/c1-29-25-34(7-12-39(29)49-24-18-40(51)50(42(49)52)28-30-3-8-35(53-2)9-4-30)48-20-14-33(15-21-48)47-22-16-37(17-23-47)54-36-10-5-32(6-11-36)45-41-44-26-31-13-19-43-27-38(31)46-41/h3-12,25-26,33,37,43H,13-24,27-28H2,1-2H3,(H,44,45,46). The first-order valence-corrected chi connectivity index (χ1v) is 19.3. The molecule has 3 saturated heterocycles. The van der Waals surface area contributed by atoms with Gasteiger partial charge in [0.15, 0.2) is 0 Å². The van der Waals surface area contributed by atoms with Gasteiger partial charge in [0, 0.05) is 75.0 Å². The second-order valence-corrected chi connectivity index (χ2v) is 14.8.